The summed E-state index contributed by atoms with van der Waals surface area (Å²) in [6, 6.07) is 7.57. The van der Waals surface area contributed by atoms with Gasteiger partial charge in [-0.15, -0.1) is 0 Å². The Morgan fingerprint density at radius 3 is 2.52 bits per heavy atom. The minimum atomic E-state index is -0.970. The Hall–Kier alpha value is -1.88. The Balaban J connectivity index is 1.59. The number of carbonyl (C=O) groups is 2. The summed E-state index contributed by atoms with van der Waals surface area (Å²) in [6.07, 6.45) is 2.42. The van der Waals surface area contributed by atoms with Crippen LogP contribution in [0.2, 0.25) is 0 Å². The highest BCUT2D eigenvalue weighted by atomic mass is 16.5. The fraction of sp³-hybridized carbons (Fsp3) is 0.600. The number of benzene rings is 1. The van der Waals surface area contributed by atoms with Crippen molar-refractivity contribution >= 4 is 11.9 Å². The molecule has 0 aromatic heterocycles. The Labute approximate surface area is 148 Å². The van der Waals surface area contributed by atoms with Crippen molar-refractivity contribution in [1.82, 2.24) is 5.32 Å². The van der Waals surface area contributed by atoms with Gasteiger partial charge in [0.15, 0.2) is 0 Å². The molecule has 2 aliphatic rings. The van der Waals surface area contributed by atoms with Crippen molar-refractivity contribution in [3.63, 3.8) is 0 Å². The van der Waals surface area contributed by atoms with E-state index in [-0.39, 0.29) is 23.7 Å². The molecule has 1 heterocycles. The Kier molecular flexibility index (Phi) is 5.42. The summed E-state index contributed by atoms with van der Waals surface area (Å²) in [5.74, 6) is -0.674. The van der Waals surface area contributed by atoms with Crippen LogP contribution in [0.3, 0.4) is 0 Å². The average molecular weight is 345 g/mol. The normalized spacial score (nSPS) is 26.9. The lowest BCUT2D eigenvalue weighted by Crippen LogP contribution is -2.49. The predicted octanol–water partition coefficient (Wildman–Crippen LogP) is 2.91. The largest absolute Gasteiger partial charge is 0.480 e. The van der Waals surface area contributed by atoms with Crippen molar-refractivity contribution in [2.75, 3.05) is 13.2 Å². The first kappa shape index (κ1) is 17.9. The van der Waals surface area contributed by atoms with Gasteiger partial charge in [0.1, 0.15) is 6.04 Å². The van der Waals surface area contributed by atoms with E-state index in [4.69, 9.17) is 4.74 Å². The lowest BCUT2D eigenvalue weighted by molar-refractivity contribution is -0.145. The van der Waals surface area contributed by atoms with E-state index in [2.05, 4.69) is 43.4 Å². The van der Waals surface area contributed by atoms with E-state index in [1.807, 2.05) is 0 Å². The molecule has 1 aliphatic heterocycles. The highest BCUT2D eigenvalue weighted by Gasteiger charge is 2.45. The third kappa shape index (κ3) is 4.21. The van der Waals surface area contributed by atoms with Gasteiger partial charge in [0, 0.05) is 18.4 Å². The van der Waals surface area contributed by atoms with E-state index in [0.717, 1.165) is 24.8 Å². The minimum absolute atomic E-state index is 0.115. The standard InChI is InChI=1S/C20H27NO4/c1-12(2)13-5-7-14(8-6-13)16-10-17(16)19(22)21-18(20(23)24)15-4-3-9-25-11-15/h5-8,12,15-18H,3-4,9-11H2,1-2H3,(H,21,22)(H,23,24). The van der Waals surface area contributed by atoms with Crippen molar-refractivity contribution in [2.24, 2.45) is 11.8 Å². The van der Waals surface area contributed by atoms with Crippen LogP contribution in [-0.2, 0) is 14.3 Å². The molecule has 1 aromatic rings. The second-order valence-corrected chi connectivity index (χ2v) is 7.57. The van der Waals surface area contributed by atoms with Crippen molar-refractivity contribution in [3.05, 3.63) is 35.4 Å². The molecule has 4 atom stereocenters. The fourth-order valence-corrected chi connectivity index (χ4v) is 3.65. The average Bonchev–Trinajstić information content (AvgIpc) is 3.41. The van der Waals surface area contributed by atoms with Crippen molar-refractivity contribution < 1.29 is 19.4 Å². The van der Waals surface area contributed by atoms with E-state index in [1.165, 1.54) is 5.56 Å². The molecule has 5 heteroatoms. The quantitative estimate of drug-likeness (QED) is 0.831. The molecule has 1 saturated heterocycles. The summed E-state index contributed by atoms with van der Waals surface area (Å²) in [7, 11) is 0. The highest BCUT2D eigenvalue weighted by molar-refractivity contribution is 5.87. The maximum absolute atomic E-state index is 12.5. The topological polar surface area (TPSA) is 75.6 Å². The second-order valence-electron chi connectivity index (χ2n) is 7.57. The summed E-state index contributed by atoms with van der Waals surface area (Å²) in [5.41, 5.74) is 2.45. The van der Waals surface area contributed by atoms with Gasteiger partial charge in [-0.2, -0.15) is 0 Å². The highest BCUT2D eigenvalue weighted by Crippen LogP contribution is 2.47. The third-order valence-corrected chi connectivity index (χ3v) is 5.39. The molecule has 25 heavy (non-hydrogen) atoms. The first-order chi connectivity index (χ1) is 12.0. The van der Waals surface area contributed by atoms with Gasteiger partial charge < -0.3 is 15.2 Å². The number of carbonyl (C=O) groups excluding carboxylic acids is 1. The van der Waals surface area contributed by atoms with Crippen molar-refractivity contribution in [3.8, 4) is 0 Å². The summed E-state index contributed by atoms with van der Waals surface area (Å²) >= 11 is 0. The molecule has 1 saturated carbocycles. The van der Waals surface area contributed by atoms with Gasteiger partial charge in [-0.1, -0.05) is 38.1 Å². The van der Waals surface area contributed by atoms with E-state index >= 15 is 0 Å². The van der Waals surface area contributed by atoms with Crippen LogP contribution in [0, 0.1) is 11.8 Å². The number of amides is 1. The number of hydrogen-bond acceptors (Lipinski definition) is 3. The summed E-state index contributed by atoms with van der Waals surface area (Å²) in [6.45, 7) is 5.39. The van der Waals surface area contributed by atoms with Crippen LogP contribution in [0.25, 0.3) is 0 Å². The zero-order chi connectivity index (χ0) is 18.0. The monoisotopic (exact) mass is 345 g/mol. The lowest BCUT2D eigenvalue weighted by Gasteiger charge is -2.28. The predicted molar refractivity (Wildman–Crippen MR) is 94.5 cm³/mol. The number of ether oxygens (including phenoxy) is 1. The molecule has 0 radical (unpaired) electrons. The molecule has 5 nitrogen and oxygen atoms in total. The first-order valence-electron chi connectivity index (χ1n) is 9.18. The van der Waals surface area contributed by atoms with Crippen LogP contribution in [0.1, 0.15) is 56.1 Å². The second kappa shape index (κ2) is 7.56. The molecule has 1 aromatic carbocycles. The van der Waals surface area contributed by atoms with Gasteiger partial charge in [-0.25, -0.2) is 4.79 Å². The number of nitrogens with one attached hydrogen (secondary N) is 1. The van der Waals surface area contributed by atoms with Gasteiger partial charge in [0.2, 0.25) is 5.91 Å². The molecule has 1 aliphatic carbocycles. The van der Waals surface area contributed by atoms with Gasteiger partial charge in [-0.05, 0) is 42.2 Å². The van der Waals surface area contributed by atoms with Crippen LogP contribution in [0.4, 0.5) is 0 Å². The molecule has 1 amide bonds. The van der Waals surface area contributed by atoms with Crippen molar-refractivity contribution in [1.29, 1.82) is 0 Å². The zero-order valence-electron chi connectivity index (χ0n) is 14.9. The maximum atomic E-state index is 12.5. The van der Waals surface area contributed by atoms with E-state index in [9.17, 15) is 14.7 Å². The Bertz CT molecular complexity index is 619. The molecule has 0 spiro atoms. The number of aliphatic carboxylic acids is 1. The summed E-state index contributed by atoms with van der Waals surface area (Å²) < 4.78 is 5.38. The third-order valence-electron chi connectivity index (χ3n) is 5.39. The van der Waals surface area contributed by atoms with E-state index < -0.39 is 12.0 Å². The Morgan fingerprint density at radius 1 is 1.24 bits per heavy atom. The van der Waals surface area contributed by atoms with Crippen LogP contribution >= 0.6 is 0 Å². The molecular weight excluding hydrogens is 318 g/mol. The first-order valence-corrected chi connectivity index (χ1v) is 9.18. The smallest absolute Gasteiger partial charge is 0.326 e. The number of rotatable bonds is 6. The Morgan fingerprint density at radius 2 is 1.96 bits per heavy atom. The molecule has 136 valence electrons. The van der Waals surface area contributed by atoms with Gasteiger partial charge in [-0.3, -0.25) is 4.79 Å². The van der Waals surface area contributed by atoms with Crippen LogP contribution in [0.15, 0.2) is 24.3 Å². The lowest BCUT2D eigenvalue weighted by atomic mass is 9.93. The summed E-state index contributed by atoms with van der Waals surface area (Å²) in [4.78, 5) is 24.1. The molecule has 3 rings (SSSR count). The minimum Gasteiger partial charge on any atom is -0.480 e. The molecule has 4 unspecified atom stereocenters. The number of carboxylic acids is 1. The van der Waals surface area contributed by atoms with E-state index in [0.29, 0.717) is 19.1 Å². The van der Waals surface area contributed by atoms with Crippen molar-refractivity contribution in [2.45, 2.75) is 51.0 Å². The van der Waals surface area contributed by atoms with Gasteiger partial charge >= 0.3 is 5.97 Å². The number of hydrogen-bond donors (Lipinski definition) is 2. The molecular formula is C20H27NO4. The fourth-order valence-electron chi connectivity index (χ4n) is 3.65. The molecule has 2 fully saturated rings. The van der Waals surface area contributed by atoms with Crippen LogP contribution < -0.4 is 5.32 Å². The maximum Gasteiger partial charge on any atom is 0.326 e. The SMILES string of the molecule is CC(C)c1ccc(C2CC2C(=O)NC(C(=O)O)C2CCCOC2)cc1. The summed E-state index contributed by atoms with van der Waals surface area (Å²) in [5, 5.41) is 12.2. The van der Waals surface area contributed by atoms with Gasteiger partial charge in [0.05, 0.1) is 6.61 Å². The zero-order valence-corrected chi connectivity index (χ0v) is 14.9. The molecule has 0 bridgehead atoms. The molecule has 2 N–H and O–H groups in total. The van der Waals surface area contributed by atoms with Crippen LogP contribution in [-0.4, -0.2) is 36.2 Å². The number of carboxylic acid groups (broad SMARTS) is 1. The van der Waals surface area contributed by atoms with Crippen LogP contribution in [0.5, 0.6) is 0 Å². The van der Waals surface area contributed by atoms with E-state index in [1.54, 1.807) is 0 Å². The van der Waals surface area contributed by atoms with Gasteiger partial charge in [0.25, 0.3) is 0 Å².